The molecule has 3 nitrogen and oxygen atoms in total. The number of methoxy groups -OCH3 is 1. The monoisotopic (exact) mass is 592 g/mol. The molecule has 6 rings (SSSR count). The van der Waals surface area contributed by atoms with Crippen LogP contribution in [0.5, 0.6) is 5.75 Å². The zero-order chi connectivity index (χ0) is 30.3. The molecule has 0 spiro atoms. The van der Waals surface area contributed by atoms with Gasteiger partial charge in [-0.2, -0.15) is 0 Å². The van der Waals surface area contributed by atoms with Crippen molar-refractivity contribution < 1.29 is 14.3 Å². The number of hydrogen-bond donors (Lipinski definition) is 0. The van der Waals surface area contributed by atoms with Gasteiger partial charge in [-0.1, -0.05) is 127 Å². The Morgan fingerprint density at radius 1 is 0.591 bits per heavy atom. The minimum absolute atomic E-state index is 0.309. The standard InChI is InChI=1S/C40H32O3S/c1-3-43-40(41)39-35(28-23-25-34(42-2)26-24-28)27-36(44-39)29-19-21-33(22-20-29)38(32-17-11-6-12-18-32)37(30-13-7-4-8-14-30)31-15-9-5-10-16-31/h4-27H,3H2,1-2H3. The van der Waals surface area contributed by atoms with Gasteiger partial charge in [0.25, 0.3) is 0 Å². The highest BCUT2D eigenvalue weighted by atomic mass is 32.1. The summed E-state index contributed by atoms with van der Waals surface area (Å²) in [6.07, 6.45) is 0. The lowest BCUT2D eigenvalue weighted by atomic mass is 9.85. The maximum Gasteiger partial charge on any atom is 0.348 e. The third-order valence-electron chi connectivity index (χ3n) is 7.49. The Kier molecular flexibility index (Phi) is 8.81. The van der Waals surface area contributed by atoms with E-state index < -0.39 is 0 Å². The summed E-state index contributed by atoms with van der Waals surface area (Å²) in [5.41, 5.74) is 9.74. The van der Waals surface area contributed by atoms with Crippen LogP contribution in [0.1, 0.15) is 38.8 Å². The molecule has 0 unspecified atom stereocenters. The molecular formula is C40H32O3S. The SMILES string of the molecule is CCOC(=O)c1sc(-c2ccc(C(=C(c3ccccc3)c3ccccc3)c3ccccc3)cc2)cc1-c1ccc(OC)cc1. The Labute approximate surface area is 262 Å². The minimum Gasteiger partial charge on any atom is -0.497 e. The summed E-state index contributed by atoms with van der Waals surface area (Å²) in [4.78, 5) is 14.6. The number of rotatable bonds is 9. The predicted octanol–water partition coefficient (Wildman–Crippen LogP) is 10.3. The van der Waals surface area contributed by atoms with E-state index in [0.29, 0.717) is 11.5 Å². The molecule has 4 heteroatoms. The molecule has 0 saturated heterocycles. The van der Waals surface area contributed by atoms with Crippen molar-refractivity contribution in [2.24, 2.45) is 0 Å². The molecule has 0 saturated carbocycles. The Morgan fingerprint density at radius 2 is 1.05 bits per heavy atom. The molecule has 6 aromatic rings. The van der Waals surface area contributed by atoms with E-state index in [4.69, 9.17) is 9.47 Å². The molecule has 1 heterocycles. The highest BCUT2D eigenvalue weighted by Gasteiger charge is 2.21. The normalized spacial score (nSPS) is 10.7. The average Bonchev–Trinajstić information content (AvgIpc) is 3.54. The molecule has 0 radical (unpaired) electrons. The van der Waals surface area contributed by atoms with Gasteiger partial charge in [0.2, 0.25) is 0 Å². The van der Waals surface area contributed by atoms with Crippen LogP contribution in [-0.4, -0.2) is 19.7 Å². The van der Waals surface area contributed by atoms with Crippen LogP contribution in [0.2, 0.25) is 0 Å². The molecule has 0 aliphatic heterocycles. The summed E-state index contributed by atoms with van der Waals surface area (Å²) in [6.45, 7) is 2.15. The number of carbonyl (C=O) groups is 1. The van der Waals surface area contributed by atoms with Crippen LogP contribution in [0.4, 0.5) is 0 Å². The first kappa shape index (κ1) is 28.9. The molecule has 1 aromatic heterocycles. The van der Waals surface area contributed by atoms with Gasteiger partial charge in [-0.3, -0.25) is 0 Å². The number of thiophene rings is 1. The molecule has 0 amide bonds. The van der Waals surface area contributed by atoms with Crippen LogP contribution >= 0.6 is 11.3 Å². The molecule has 0 N–H and O–H groups in total. The Hall–Kier alpha value is -5.19. The summed E-state index contributed by atoms with van der Waals surface area (Å²) >= 11 is 1.46. The zero-order valence-electron chi connectivity index (χ0n) is 24.7. The van der Waals surface area contributed by atoms with Crippen molar-refractivity contribution in [1.29, 1.82) is 0 Å². The van der Waals surface area contributed by atoms with E-state index in [0.717, 1.165) is 55.1 Å². The summed E-state index contributed by atoms with van der Waals surface area (Å²) < 4.78 is 10.8. The first-order chi connectivity index (χ1) is 21.7. The van der Waals surface area contributed by atoms with Crippen molar-refractivity contribution in [2.75, 3.05) is 13.7 Å². The highest BCUT2D eigenvalue weighted by Crippen LogP contribution is 2.41. The first-order valence-corrected chi connectivity index (χ1v) is 15.4. The molecule has 216 valence electrons. The van der Waals surface area contributed by atoms with Gasteiger partial charge in [0.1, 0.15) is 10.6 Å². The van der Waals surface area contributed by atoms with Gasteiger partial charge >= 0.3 is 5.97 Å². The molecule has 0 atom stereocenters. The molecule has 0 bridgehead atoms. The van der Waals surface area contributed by atoms with Crippen molar-refractivity contribution in [1.82, 2.24) is 0 Å². The van der Waals surface area contributed by atoms with Gasteiger partial charge in [0, 0.05) is 10.4 Å². The molecule has 5 aromatic carbocycles. The van der Waals surface area contributed by atoms with Crippen molar-refractivity contribution in [3.8, 4) is 27.3 Å². The Morgan fingerprint density at radius 3 is 1.50 bits per heavy atom. The summed E-state index contributed by atoms with van der Waals surface area (Å²) in [5.74, 6) is 0.459. The van der Waals surface area contributed by atoms with Crippen molar-refractivity contribution in [3.05, 3.63) is 173 Å². The van der Waals surface area contributed by atoms with E-state index in [1.807, 2.05) is 37.3 Å². The molecule has 44 heavy (non-hydrogen) atoms. The Bertz CT molecular complexity index is 1830. The average molecular weight is 593 g/mol. The van der Waals surface area contributed by atoms with Crippen LogP contribution in [0.15, 0.2) is 146 Å². The number of benzene rings is 5. The third-order valence-corrected chi connectivity index (χ3v) is 8.65. The van der Waals surface area contributed by atoms with E-state index in [1.165, 1.54) is 16.9 Å². The second kappa shape index (κ2) is 13.4. The lowest BCUT2D eigenvalue weighted by Gasteiger charge is -2.18. The van der Waals surface area contributed by atoms with Gasteiger partial charge in [-0.05, 0) is 69.6 Å². The summed E-state index contributed by atoms with van der Waals surface area (Å²) in [6, 6.07) is 50.2. The summed E-state index contributed by atoms with van der Waals surface area (Å²) in [5, 5.41) is 0. The number of carbonyl (C=O) groups excluding carboxylic acids is 1. The number of hydrogen-bond acceptors (Lipinski definition) is 4. The van der Waals surface area contributed by atoms with Crippen LogP contribution in [-0.2, 0) is 4.74 Å². The minimum atomic E-state index is -0.309. The first-order valence-electron chi connectivity index (χ1n) is 14.6. The van der Waals surface area contributed by atoms with E-state index in [1.54, 1.807) is 7.11 Å². The second-order valence-electron chi connectivity index (χ2n) is 10.2. The van der Waals surface area contributed by atoms with Gasteiger partial charge in [-0.15, -0.1) is 11.3 Å². The fraction of sp³-hybridized carbons (Fsp3) is 0.0750. The van der Waals surface area contributed by atoms with Crippen molar-refractivity contribution in [2.45, 2.75) is 6.92 Å². The number of ether oxygens (including phenoxy) is 2. The van der Waals surface area contributed by atoms with Crippen molar-refractivity contribution >= 4 is 28.5 Å². The van der Waals surface area contributed by atoms with Gasteiger partial charge in [-0.25, -0.2) is 4.79 Å². The van der Waals surface area contributed by atoms with Crippen LogP contribution in [0.25, 0.3) is 32.7 Å². The maximum atomic E-state index is 13.0. The van der Waals surface area contributed by atoms with E-state index in [9.17, 15) is 4.79 Å². The maximum absolute atomic E-state index is 13.0. The molecule has 0 aliphatic rings. The number of esters is 1. The fourth-order valence-electron chi connectivity index (χ4n) is 5.39. The summed E-state index contributed by atoms with van der Waals surface area (Å²) in [7, 11) is 1.65. The molecule has 0 fully saturated rings. The molecular weight excluding hydrogens is 561 g/mol. The second-order valence-corrected chi connectivity index (χ2v) is 11.3. The lowest BCUT2D eigenvalue weighted by Crippen LogP contribution is -2.03. The smallest absolute Gasteiger partial charge is 0.348 e. The predicted molar refractivity (Wildman–Crippen MR) is 182 cm³/mol. The molecule has 0 aliphatic carbocycles. The van der Waals surface area contributed by atoms with Gasteiger partial charge in [0.15, 0.2) is 0 Å². The van der Waals surface area contributed by atoms with Gasteiger partial charge < -0.3 is 9.47 Å². The fourth-order valence-corrected chi connectivity index (χ4v) is 6.47. The van der Waals surface area contributed by atoms with Gasteiger partial charge in [0.05, 0.1) is 13.7 Å². The van der Waals surface area contributed by atoms with E-state index in [2.05, 4.69) is 115 Å². The zero-order valence-corrected chi connectivity index (χ0v) is 25.5. The van der Waals surface area contributed by atoms with Crippen LogP contribution in [0.3, 0.4) is 0 Å². The van der Waals surface area contributed by atoms with Crippen LogP contribution < -0.4 is 4.74 Å². The largest absolute Gasteiger partial charge is 0.497 e. The lowest BCUT2D eigenvalue weighted by molar-refractivity contribution is 0.0533. The topological polar surface area (TPSA) is 35.5 Å². The third kappa shape index (κ3) is 6.12. The van der Waals surface area contributed by atoms with Crippen molar-refractivity contribution in [3.63, 3.8) is 0 Å². The van der Waals surface area contributed by atoms with E-state index in [-0.39, 0.29) is 5.97 Å². The highest BCUT2D eigenvalue weighted by molar-refractivity contribution is 7.17. The quantitative estimate of drug-likeness (QED) is 0.124. The van der Waals surface area contributed by atoms with Crippen LogP contribution in [0, 0.1) is 0 Å². The Balaban J connectivity index is 1.48. The van der Waals surface area contributed by atoms with E-state index >= 15 is 0 Å².